The number of sulfonamides is 1. The van der Waals surface area contributed by atoms with E-state index in [2.05, 4.69) is 32.4 Å². The molecule has 1 heterocycles. The molecule has 25 heavy (non-hydrogen) atoms. The molecule has 2 atom stereocenters. The summed E-state index contributed by atoms with van der Waals surface area (Å²) in [5.41, 5.74) is 1.08. The molecule has 1 saturated heterocycles. The van der Waals surface area contributed by atoms with Crippen molar-refractivity contribution >= 4 is 10.0 Å². The average molecular weight is 368 g/mol. The van der Waals surface area contributed by atoms with Gasteiger partial charge < -0.3 is 4.74 Å². The Balaban J connectivity index is 2.05. The van der Waals surface area contributed by atoms with Crippen molar-refractivity contribution in [3.05, 3.63) is 29.8 Å². The van der Waals surface area contributed by atoms with Gasteiger partial charge >= 0.3 is 0 Å². The van der Waals surface area contributed by atoms with Crippen LogP contribution < -0.4 is 4.72 Å². The largest absolute Gasteiger partial charge is 0.375 e. The molecule has 0 saturated carbocycles. The Hall–Kier alpha value is -0.910. The van der Waals surface area contributed by atoms with Gasteiger partial charge in [0.2, 0.25) is 10.0 Å². The zero-order valence-electron chi connectivity index (χ0n) is 16.3. The molecular weight excluding hydrogens is 334 g/mol. The van der Waals surface area contributed by atoms with Gasteiger partial charge in [-0.05, 0) is 63.0 Å². The summed E-state index contributed by atoms with van der Waals surface area (Å²) in [6.07, 6.45) is 3.80. The van der Waals surface area contributed by atoms with E-state index in [1.807, 2.05) is 19.1 Å². The van der Waals surface area contributed by atoms with Crippen molar-refractivity contribution in [1.82, 2.24) is 4.72 Å². The Morgan fingerprint density at radius 3 is 2.44 bits per heavy atom. The zero-order chi connectivity index (χ0) is 18.7. The summed E-state index contributed by atoms with van der Waals surface area (Å²) in [6.45, 7) is 12.0. The van der Waals surface area contributed by atoms with Crippen molar-refractivity contribution in [3.8, 4) is 0 Å². The van der Waals surface area contributed by atoms with Crippen LogP contribution in [0.25, 0.3) is 0 Å². The van der Waals surface area contributed by atoms with E-state index in [-0.39, 0.29) is 11.0 Å². The fourth-order valence-electron chi connectivity index (χ4n) is 3.84. The quantitative estimate of drug-likeness (QED) is 0.782. The van der Waals surface area contributed by atoms with Crippen LogP contribution in [-0.4, -0.2) is 27.2 Å². The molecule has 1 N–H and O–H groups in total. The molecule has 0 radical (unpaired) electrons. The van der Waals surface area contributed by atoms with E-state index in [1.54, 1.807) is 12.1 Å². The number of benzene rings is 1. The highest BCUT2D eigenvalue weighted by Crippen LogP contribution is 2.47. The number of aryl methyl sites for hydroxylation is 1. The van der Waals surface area contributed by atoms with Crippen molar-refractivity contribution in [2.75, 3.05) is 13.2 Å². The molecule has 0 spiro atoms. The molecule has 0 aromatic heterocycles. The lowest BCUT2D eigenvalue weighted by Crippen LogP contribution is -2.46. The molecule has 5 heteroatoms. The monoisotopic (exact) mass is 367 g/mol. The second kappa shape index (κ2) is 7.77. The topological polar surface area (TPSA) is 55.4 Å². The van der Waals surface area contributed by atoms with Gasteiger partial charge in [-0.2, -0.15) is 0 Å². The Bertz CT molecular complexity index is 669. The highest BCUT2D eigenvalue weighted by Gasteiger charge is 2.43. The maximum absolute atomic E-state index is 12.5. The molecule has 1 aliphatic heterocycles. The highest BCUT2D eigenvalue weighted by atomic mass is 32.2. The summed E-state index contributed by atoms with van der Waals surface area (Å²) in [4.78, 5) is 0.335. The van der Waals surface area contributed by atoms with Gasteiger partial charge in [0, 0.05) is 13.2 Å². The van der Waals surface area contributed by atoms with Gasteiger partial charge in [-0.1, -0.05) is 38.5 Å². The smallest absolute Gasteiger partial charge is 0.240 e. The number of hydrogen-bond acceptors (Lipinski definition) is 3. The molecule has 2 rings (SSSR count). The van der Waals surface area contributed by atoms with E-state index in [0.717, 1.165) is 37.9 Å². The summed E-state index contributed by atoms with van der Waals surface area (Å²) in [5, 5.41) is 0. The lowest BCUT2D eigenvalue weighted by atomic mass is 9.64. The van der Waals surface area contributed by atoms with Crippen molar-refractivity contribution < 1.29 is 13.2 Å². The first-order valence-corrected chi connectivity index (χ1v) is 10.8. The van der Waals surface area contributed by atoms with Gasteiger partial charge in [0.25, 0.3) is 0 Å². The van der Waals surface area contributed by atoms with Crippen LogP contribution >= 0.6 is 0 Å². The normalized spacial score (nSPS) is 27.6. The lowest BCUT2D eigenvalue weighted by Gasteiger charge is -2.49. The van der Waals surface area contributed by atoms with E-state index in [0.29, 0.717) is 17.4 Å². The third-order valence-electron chi connectivity index (χ3n) is 6.00. The second-order valence-corrected chi connectivity index (χ2v) is 9.82. The van der Waals surface area contributed by atoms with E-state index in [4.69, 9.17) is 4.74 Å². The van der Waals surface area contributed by atoms with Crippen LogP contribution in [0.3, 0.4) is 0 Å². The Morgan fingerprint density at radius 2 is 1.88 bits per heavy atom. The summed E-state index contributed by atoms with van der Waals surface area (Å²) in [6, 6.07) is 6.99. The minimum Gasteiger partial charge on any atom is -0.375 e. The Labute approximate surface area is 153 Å². The molecule has 4 nitrogen and oxygen atoms in total. The van der Waals surface area contributed by atoms with Gasteiger partial charge in [-0.15, -0.1) is 0 Å². The van der Waals surface area contributed by atoms with Crippen molar-refractivity contribution in [3.63, 3.8) is 0 Å². The summed E-state index contributed by atoms with van der Waals surface area (Å²) < 4.78 is 33.8. The first-order chi connectivity index (χ1) is 11.6. The molecule has 1 aromatic carbocycles. The van der Waals surface area contributed by atoms with Crippen molar-refractivity contribution in [1.29, 1.82) is 0 Å². The molecule has 0 bridgehead atoms. The summed E-state index contributed by atoms with van der Waals surface area (Å²) in [5.74, 6) is 0.492. The second-order valence-electron chi connectivity index (χ2n) is 8.06. The third-order valence-corrected chi connectivity index (χ3v) is 7.47. The van der Waals surface area contributed by atoms with Gasteiger partial charge in [-0.25, -0.2) is 13.1 Å². The highest BCUT2D eigenvalue weighted by molar-refractivity contribution is 7.89. The summed E-state index contributed by atoms with van der Waals surface area (Å²) in [7, 11) is -3.45. The Kier molecular flexibility index (Phi) is 6.34. The predicted octanol–water partition coefficient (Wildman–Crippen LogP) is 4.28. The average Bonchev–Trinajstić information content (AvgIpc) is 2.55. The molecular formula is C20H33NO3S. The third kappa shape index (κ3) is 4.83. The van der Waals surface area contributed by atoms with E-state index in [1.165, 1.54) is 0 Å². The van der Waals surface area contributed by atoms with Crippen LogP contribution in [0.4, 0.5) is 0 Å². The Morgan fingerprint density at radius 1 is 1.24 bits per heavy atom. The maximum Gasteiger partial charge on any atom is 0.240 e. The maximum atomic E-state index is 12.5. The minimum absolute atomic E-state index is 0.0989. The summed E-state index contributed by atoms with van der Waals surface area (Å²) >= 11 is 0. The molecule has 0 aliphatic carbocycles. The number of nitrogens with one attached hydrogen (secondary N) is 1. The molecule has 0 unspecified atom stereocenters. The van der Waals surface area contributed by atoms with E-state index in [9.17, 15) is 8.42 Å². The van der Waals surface area contributed by atoms with E-state index < -0.39 is 10.0 Å². The molecule has 1 aromatic rings. The standard InChI is InChI=1S/C20H33NO3S/c1-6-19(5)15-20(16(2)3,12-14-24-19)11-13-21-25(22,23)18-9-7-17(4)8-10-18/h7-10,16,21H,6,11-15H2,1-5H3/t19-,20+/m1/s1. The predicted molar refractivity (Wildman–Crippen MR) is 102 cm³/mol. The van der Waals surface area contributed by atoms with Gasteiger partial charge in [-0.3, -0.25) is 0 Å². The molecule has 1 aliphatic rings. The number of ether oxygens (including phenoxy) is 1. The van der Waals surface area contributed by atoms with Gasteiger partial charge in [0.05, 0.1) is 10.5 Å². The first kappa shape index (κ1) is 20.4. The van der Waals surface area contributed by atoms with Crippen LogP contribution in [0, 0.1) is 18.3 Å². The van der Waals surface area contributed by atoms with Gasteiger partial charge in [0.1, 0.15) is 0 Å². The number of hydrogen-bond donors (Lipinski definition) is 1. The fourth-order valence-corrected chi connectivity index (χ4v) is 4.87. The van der Waals surface area contributed by atoms with Gasteiger partial charge in [0.15, 0.2) is 0 Å². The fraction of sp³-hybridized carbons (Fsp3) is 0.700. The zero-order valence-corrected chi connectivity index (χ0v) is 17.1. The van der Waals surface area contributed by atoms with Crippen molar-refractivity contribution in [2.45, 2.75) is 70.8 Å². The molecule has 1 fully saturated rings. The van der Waals surface area contributed by atoms with Crippen LogP contribution in [-0.2, 0) is 14.8 Å². The van der Waals surface area contributed by atoms with E-state index >= 15 is 0 Å². The first-order valence-electron chi connectivity index (χ1n) is 9.33. The SMILES string of the molecule is CC[C@]1(C)C[C@@](CCNS(=O)(=O)c2ccc(C)cc2)(C(C)C)CCO1. The van der Waals surface area contributed by atoms with Crippen LogP contribution in [0.5, 0.6) is 0 Å². The molecule has 0 amide bonds. The number of rotatable bonds is 7. The molecule has 142 valence electrons. The van der Waals surface area contributed by atoms with Crippen molar-refractivity contribution in [2.24, 2.45) is 11.3 Å². The lowest BCUT2D eigenvalue weighted by molar-refractivity contribution is -0.132. The van der Waals surface area contributed by atoms with Crippen LogP contribution in [0.2, 0.25) is 0 Å². The van der Waals surface area contributed by atoms with Crippen LogP contribution in [0.1, 0.15) is 58.9 Å². The van der Waals surface area contributed by atoms with Crippen LogP contribution in [0.15, 0.2) is 29.2 Å². The minimum atomic E-state index is -3.45.